The first-order chi connectivity index (χ1) is 14.5. The molecule has 0 fully saturated rings. The summed E-state index contributed by atoms with van der Waals surface area (Å²) in [4.78, 5) is 39.5. The van der Waals surface area contributed by atoms with E-state index in [1.54, 1.807) is 0 Å². The number of hydrogen-bond acceptors (Lipinski definition) is 7. The van der Waals surface area contributed by atoms with Gasteiger partial charge >= 0.3 is 0 Å². The number of anilines is 2. The number of fused-ring (bicyclic) bond motifs is 1. The molecule has 0 bridgehead atoms. The van der Waals surface area contributed by atoms with Crippen LogP contribution in [0.4, 0.5) is 17.3 Å². The third-order valence-corrected chi connectivity index (χ3v) is 4.54. The molecule has 0 spiro atoms. The molecule has 2 heterocycles. The van der Waals surface area contributed by atoms with Crippen LogP contribution in [-0.2, 0) is 9.59 Å². The van der Waals surface area contributed by atoms with Gasteiger partial charge < -0.3 is 10.1 Å². The molecule has 0 saturated heterocycles. The van der Waals surface area contributed by atoms with Crippen molar-refractivity contribution in [2.45, 2.75) is 12.5 Å². The van der Waals surface area contributed by atoms with Crippen molar-refractivity contribution < 1.29 is 19.2 Å². The first kappa shape index (κ1) is 19.1. The number of non-ortho nitro benzene ring substituents is 1. The molecule has 2 aromatic carbocycles. The Hall–Kier alpha value is -4.28. The van der Waals surface area contributed by atoms with Crippen molar-refractivity contribution in [1.82, 2.24) is 14.8 Å². The van der Waals surface area contributed by atoms with Crippen LogP contribution in [0.3, 0.4) is 0 Å². The number of carbonyl (C=O) groups excluding carboxylic acids is 2. The van der Waals surface area contributed by atoms with Gasteiger partial charge in [0.15, 0.2) is 5.82 Å². The number of amides is 2. The molecule has 0 radical (unpaired) electrons. The number of benzene rings is 2. The summed E-state index contributed by atoms with van der Waals surface area (Å²) < 4.78 is 6.50. The van der Waals surface area contributed by atoms with E-state index in [1.165, 1.54) is 30.0 Å². The molecule has 2 amide bonds. The van der Waals surface area contributed by atoms with Gasteiger partial charge in [-0.1, -0.05) is 30.3 Å². The average molecular weight is 408 g/mol. The smallest absolute Gasteiger partial charge is 0.273 e. The predicted molar refractivity (Wildman–Crippen MR) is 106 cm³/mol. The Morgan fingerprint density at radius 2 is 2.07 bits per heavy atom. The Balaban J connectivity index is 1.51. The van der Waals surface area contributed by atoms with E-state index in [1.807, 2.05) is 30.3 Å². The molecular formula is C19H16N6O5. The Labute approximate surface area is 169 Å². The molecule has 3 aromatic rings. The number of nitrogens with one attached hydrogen (secondary N) is 2. The van der Waals surface area contributed by atoms with E-state index < -0.39 is 22.8 Å². The number of aromatic nitrogens is 3. The maximum absolute atomic E-state index is 12.5. The van der Waals surface area contributed by atoms with E-state index in [0.717, 1.165) is 5.56 Å². The van der Waals surface area contributed by atoms with Gasteiger partial charge in [0.25, 0.3) is 11.6 Å². The van der Waals surface area contributed by atoms with Crippen LogP contribution in [0.15, 0.2) is 48.5 Å². The fraction of sp³-hybridized carbons (Fsp3) is 0.158. The number of nitro groups is 1. The Morgan fingerprint density at radius 1 is 1.30 bits per heavy atom. The van der Waals surface area contributed by atoms with E-state index in [9.17, 15) is 19.7 Å². The van der Waals surface area contributed by atoms with Crippen LogP contribution in [0.25, 0.3) is 11.4 Å². The maximum Gasteiger partial charge on any atom is 0.273 e. The molecule has 30 heavy (non-hydrogen) atoms. The summed E-state index contributed by atoms with van der Waals surface area (Å²) in [7, 11) is 1.34. The second kappa shape index (κ2) is 7.62. The molecule has 1 aliphatic heterocycles. The van der Waals surface area contributed by atoms with Crippen molar-refractivity contribution in [3.8, 4) is 17.1 Å². The van der Waals surface area contributed by atoms with Crippen LogP contribution in [0.1, 0.15) is 12.5 Å². The monoisotopic (exact) mass is 408 g/mol. The zero-order valence-corrected chi connectivity index (χ0v) is 15.7. The zero-order chi connectivity index (χ0) is 21.3. The van der Waals surface area contributed by atoms with Crippen LogP contribution >= 0.6 is 0 Å². The normalized spacial score (nSPS) is 14.7. The van der Waals surface area contributed by atoms with E-state index in [0.29, 0.717) is 5.82 Å². The maximum atomic E-state index is 12.5. The van der Waals surface area contributed by atoms with Gasteiger partial charge in [0.1, 0.15) is 11.8 Å². The van der Waals surface area contributed by atoms with Crippen molar-refractivity contribution in [2.24, 2.45) is 0 Å². The molecular weight excluding hydrogens is 392 g/mol. The Bertz CT molecular complexity index is 1140. The number of methoxy groups -OCH3 is 1. The van der Waals surface area contributed by atoms with Gasteiger partial charge in [0.2, 0.25) is 11.9 Å². The van der Waals surface area contributed by atoms with Gasteiger partial charge in [-0.15, -0.1) is 5.10 Å². The Morgan fingerprint density at radius 3 is 2.77 bits per heavy atom. The summed E-state index contributed by atoms with van der Waals surface area (Å²) >= 11 is 0. The lowest BCUT2D eigenvalue weighted by molar-refractivity contribution is -0.384. The largest absolute Gasteiger partial charge is 0.494 e. The van der Waals surface area contributed by atoms with E-state index >= 15 is 0 Å². The van der Waals surface area contributed by atoms with Crippen molar-refractivity contribution in [3.05, 3.63) is 58.6 Å². The molecule has 0 saturated carbocycles. The number of rotatable bonds is 6. The summed E-state index contributed by atoms with van der Waals surface area (Å²) in [5.74, 6) is -0.0267. The van der Waals surface area contributed by atoms with Crippen LogP contribution in [0.5, 0.6) is 5.75 Å². The first-order valence-corrected chi connectivity index (χ1v) is 8.91. The fourth-order valence-electron chi connectivity index (χ4n) is 3.09. The minimum Gasteiger partial charge on any atom is -0.494 e. The van der Waals surface area contributed by atoms with Crippen LogP contribution < -0.4 is 15.4 Å². The first-order valence-electron chi connectivity index (χ1n) is 8.91. The molecule has 152 valence electrons. The molecule has 11 heteroatoms. The summed E-state index contributed by atoms with van der Waals surface area (Å²) in [6.07, 6.45) is -0.198. The number of nitro benzene ring substituents is 1. The van der Waals surface area contributed by atoms with Gasteiger partial charge in [-0.3, -0.25) is 25.0 Å². The summed E-state index contributed by atoms with van der Waals surface area (Å²) in [6.45, 7) is 0. The van der Waals surface area contributed by atoms with Crippen molar-refractivity contribution in [1.29, 1.82) is 0 Å². The second-order valence-electron chi connectivity index (χ2n) is 6.47. The standard InChI is InChI=1S/C19H16N6O5/c1-30-15-9-12(25(28)29)7-8-13(15)20-16(26)10-14-18(27)22-19-21-17(23-24(14)19)11-5-3-2-4-6-11/h2-9,14H,10H2,1H3,(H,20,26)(H,21,22,23,27)/t14-/m1/s1. The number of hydrogen-bond donors (Lipinski definition) is 2. The van der Waals surface area contributed by atoms with E-state index in [2.05, 4.69) is 20.7 Å². The van der Waals surface area contributed by atoms with E-state index in [-0.39, 0.29) is 29.5 Å². The molecule has 11 nitrogen and oxygen atoms in total. The van der Waals surface area contributed by atoms with Gasteiger partial charge in [-0.25, -0.2) is 4.68 Å². The second-order valence-corrected chi connectivity index (χ2v) is 6.47. The van der Waals surface area contributed by atoms with Gasteiger partial charge in [-0.2, -0.15) is 4.98 Å². The van der Waals surface area contributed by atoms with Gasteiger partial charge in [0.05, 0.1) is 30.2 Å². The molecule has 4 rings (SSSR count). The van der Waals surface area contributed by atoms with Crippen LogP contribution in [0, 0.1) is 10.1 Å². The molecule has 0 aliphatic carbocycles. The number of nitrogens with zero attached hydrogens (tertiary/aromatic N) is 4. The minimum absolute atomic E-state index is 0.140. The highest BCUT2D eigenvalue weighted by Crippen LogP contribution is 2.31. The molecule has 1 atom stereocenters. The predicted octanol–water partition coefficient (Wildman–Crippen LogP) is 2.38. The van der Waals surface area contributed by atoms with Crippen molar-refractivity contribution in [3.63, 3.8) is 0 Å². The average Bonchev–Trinajstić information content (AvgIpc) is 3.27. The zero-order valence-electron chi connectivity index (χ0n) is 15.7. The molecule has 1 aliphatic rings. The lowest BCUT2D eigenvalue weighted by Gasteiger charge is -2.12. The van der Waals surface area contributed by atoms with Gasteiger partial charge in [-0.05, 0) is 6.07 Å². The van der Waals surface area contributed by atoms with Gasteiger partial charge in [0, 0.05) is 11.6 Å². The quantitative estimate of drug-likeness (QED) is 0.471. The van der Waals surface area contributed by atoms with Crippen molar-refractivity contribution >= 4 is 29.1 Å². The third-order valence-electron chi connectivity index (χ3n) is 4.54. The van der Waals surface area contributed by atoms with Crippen LogP contribution in [0.2, 0.25) is 0 Å². The Kier molecular flexibility index (Phi) is 4.84. The highest BCUT2D eigenvalue weighted by molar-refractivity contribution is 6.01. The third kappa shape index (κ3) is 3.55. The summed E-state index contributed by atoms with van der Waals surface area (Å²) in [5, 5.41) is 20.5. The molecule has 0 unspecified atom stereocenters. The SMILES string of the molecule is COc1cc([N+](=O)[O-])ccc1NC(=O)C[C@@H]1C(=O)Nc2nc(-c3ccccc3)nn21. The van der Waals surface area contributed by atoms with Crippen molar-refractivity contribution in [2.75, 3.05) is 17.7 Å². The lowest BCUT2D eigenvalue weighted by atomic mass is 10.2. The summed E-state index contributed by atoms with van der Waals surface area (Å²) in [6, 6.07) is 12.2. The minimum atomic E-state index is -0.867. The summed E-state index contributed by atoms with van der Waals surface area (Å²) in [5.41, 5.74) is 0.878. The lowest BCUT2D eigenvalue weighted by Crippen LogP contribution is -2.24. The highest BCUT2D eigenvalue weighted by atomic mass is 16.6. The highest BCUT2D eigenvalue weighted by Gasteiger charge is 2.35. The molecule has 2 N–H and O–H groups in total. The molecule has 1 aromatic heterocycles. The number of carbonyl (C=O) groups is 2. The van der Waals surface area contributed by atoms with Crippen LogP contribution in [-0.4, -0.2) is 38.6 Å². The fourth-order valence-corrected chi connectivity index (χ4v) is 3.09. The van der Waals surface area contributed by atoms with E-state index in [4.69, 9.17) is 4.74 Å². The number of ether oxygens (including phenoxy) is 1. The topological polar surface area (TPSA) is 141 Å².